The first-order chi connectivity index (χ1) is 13.5. The maximum Gasteiger partial charge on any atom is 0.308 e. The topological polar surface area (TPSA) is 103 Å². The molecule has 0 bridgehead atoms. The summed E-state index contributed by atoms with van der Waals surface area (Å²) in [6.45, 7) is 2.54. The normalized spacial score (nSPS) is 13.3. The minimum atomic E-state index is -0.978. The second-order valence-electron chi connectivity index (χ2n) is 6.00. The van der Waals surface area contributed by atoms with E-state index in [2.05, 4.69) is 10.6 Å². The molecule has 0 spiro atoms. The van der Waals surface area contributed by atoms with Crippen molar-refractivity contribution in [2.24, 2.45) is 0 Å². The number of fused-ring (bicyclic) bond motifs is 1. The number of rotatable bonds is 7. The average molecular weight is 404 g/mol. The van der Waals surface area contributed by atoms with Gasteiger partial charge in [-0.15, -0.1) is 0 Å². The second-order valence-corrected chi connectivity index (χ2v) is 6.78. The summed E-state index contributed by atoms with van der Waals surface area (Å²) in [7, 11) is 0. The van der Waals surface area contributed by atoms with Crippen molar-refractivity contribution < 1.29 is 28.6 Å². The third kappa shape index (κ3) is 5.23. The molecule has 2 heterocycles. The van der Waals surface area contributed by atoms with Crippen LogP contribution in [0.2, 0.25) is 0 Å². The van der Waals surface area contributed by atoms with Gasteiger partial charge in [0.15, 0.2) is 17.6 Å². The number of carbonyl (C=O) groups excluding carboxylic acids is 3. The molecule has 1 atom stereocenters. The van der Waals surface area contributed by atoms with E-state index in [-0.39, 0.29) is 18.9 Å². The molecule has 3 rings (SSSR count). The molecule has 0 radical (unpaired) electrons. The number of anilines is 1. The summed E-state index contributed by atoms with van der Waals surface area (Å²) in [5, 5.41) is 8.81. The maximum atomic E-state index is 12.2. The van der Waals surface area contributed by atoms with Gasteiger partial charge < -0.3 is 24.8 Å². The van der Waals surface area contributed by atoms with Crippen LogP contribution < -0.4 is 20.1 Å². The number of hydrogen-bond donors (Lipinski definition) is 2. The zero-order valence-electron chi connectivity index (χ0n) is 15.2. The van der Waals surface area contributed by atoms with E-state index in [1.807, 2.05) is 0 Å². The fraction of sp³-hybridized carbons (Fsp3) is 0.316. The van der Waals surface area contributed by atoms with Crippen LogP contribution in [-0.2, 0) is 14.3 Å². The van der Waals surface area contributed by atoms with E-state index in [1.165, 1.54) is 18.3 Å². The van der Waals surface area contributed by atoms with Gasteiger partial charge in [-0.1, -0.05) is 0 Å². The fourth-order valence-electron chi connectivity index (χ4n) is 2.45. The number of ether oxygens (including phenoxy) is 3. The molecule has 0 saturated carbocycles. The van der Waals surface area contributed by atoms with Crippen LogP contribution in [0.5, 0.6) is 11.5 Å². The first-order valence-corrected chi connectivity index (χ1v) is 9.67. The van der Waals surface area contributed by atoms with Gasteiger partial charge in [-0.25, -0.2) is 0 Å². The minimum absolute atomic E-state index is 0.0302. The maximum absolute atomic E-state index is 12.2. The molecule has 0 fully saturated rings. The molecule has 2 N–H and O–H groups in total. The molecule has 1 aliphatic heterocycles. The van der Waals surface area contributed by atoms with Crippen molar-refractivity contribution in [2.45, 2.75) is 19.4 Å². The number of thiophene rings is 1. The third-order valence-electron chi connectivity index (χ3n) is 3.89. The minimum Gasteiger partial charge on any atom is -0.486 e. The Bertz CT molecular complexity index is 852. The Morgan fingerprint density at radius 2 is 1.96 bits per heavy atom. The Morgan fingerprint density at radius 3 is 2.71 bits per heavy atom. The summed E-state index contributed by atoms with van der Waals surface area (Å²) in [5.74, 6) is -0.121. The predicted molar refractivity (Wildman–Crippen MR) is 103 cm³/mol. The van der Waals surface area contributed by atoms with Crippen LogP contribution in [0.4, 0.5) is 5.69 Å². The molecule has 1 aromatic heterocycles. The number of nitrogens with one attached hydrogen (secondary N) is 2. The molecular weight excluding hydrogens is 384 g/mol. The highest BCUT2D eigenvalue weighted by Gasteiger charge is 2.19. The van der Waals surface area contributed by atoms with E-state index in [0.29, 0.717) is 36.0 Å². The molecule has 2 aromatic rings. The Kier molecular flexibility index (Phi) is 6.49. The summed E-state index contributed by atoms with van der Waals surface area (Å²) in [6.07, 6.45) is -1.01. The smallest absolute Gasteiger partial charge is 0.308 e. The zero-order chi connectivity index (χ0) is 19.9. The number of benzene rings is 1. The molecule has 8 nitrogen and oxygen atoms in total. The van der Waals surface area contributed by atoms with Crippen molar-refractivity contribution in [3.05, 3.63) is 40.6 Å². The fourth-order valence-corrected chi connectivity index (χ4v) is 3.08. The van der Waals surface area contributed by atoms with Gasteiger partial charge in [0.2, 0.25) is 0 Å². The Balaban J connectivity index is 1.42. The largest absolute Gasteiger partial charge is 0.486 e. The molecule has 28 heavy (non-hydrogen) atoms. The highest BCUT2D eigenvalue weighted by atomic mass is 32.1. The molecular formula is C19H20N2O6S. The highest BCUT2D eigenvalue weighted by Crippen LogP contribution is 2.32. The van der Waals surface area contributed by atoms with E-state index < -0.39 is 18.0 Å². The molecule has 148 valence electrons. The molecule has 9 heteroatoms. The van der Waals surface area contributed by atoms with Crippen molar-refractivity contribution in [1.29, 1.82) is 0 Å². The van der Waals surface area contributed by atoms with Crippen LogP contribution >= 0.6 is 11.3 Å². The van der Waals surface area contributed by atoms with Crippen LogP contribution in [0.3, 0.4) is 0 Å². The Labute approximate surface area is 165 Å². The molecule has 0 aliphatic carbocycles. The quantitative estimate of drug-likeness (QED) is 0.686. The lowest BCUT2D eigenvalue weighted by Gasteiger charge is -2.19. The third-order valence-corrected chi connectivity index (χ3v) is 4.57. The average Bonchev–Trinajstić information content (AvgIpc) is 3.22. The van der Waals surface area contributed by atoms with Gasteiger partial charge >= 0.3 is 5.97 Å². The number of hydrogen-bond acceptors (Lipinski definition) is 7. The lowest BCUT2D eigenvalue weighted by atomic mass is 10.2. The molecule has 1 aromatic carbocycles. The highest BCUT2D eigenvalue weighted by molar-refractivity contribution is 7.08. The van der Waals surface area contributed by atoms with E-state index in [1.54, 1.807) is 35.0 Å². The summed E-state index contributed by atoms with van der Waals surface area (Å²) in [5.41, 5.74) is 1.06. The summed E-state index contributed by atoms with van der Waals surface area (Å²) in [6, 6.07) is 6.74. The lowest BCUT2D eigenvalue weighted by molar-refractivity contribution is -0.153. The van der Waals surface area contributed by atoms with E-state index in [0.717, 1.165) is 0 Å². The Hall–Kier alpha value is -3.07. The van der Waals surface area contributed by atoms with Gasteiger partial charge in [-0.2, -0.15) is 11.3 Å². The van der Waals surface area contributed by atoms with E-state index in [9.17, 15) is 14.4 Å². The van der Waals surface area contributed by atoms with Gasteiger partial charge in [-0.05, 0) is 30.5 Å². The Morgan fingerprint density at radius 1 is 1.18 bits per heavy atom. The molecule has 1 aliphatic rings. The standard InChI is InChI=1S/C19H20N2O6S/c1-12(27-17(22)4-6-20-19(24)13-5-9-28-11-13)18(23)21-14-2-3-15-16(10-14)26-8-7-25-15/h2-3,5,9-12H,4,6-8H2,1H3,(H,20,24)(H,21,23). The lowest BCUT2D eigenvalue weighted by Crippen LogP contribution is -2.32. The van der Waals surface area contributed by atoms with Crippen molar-refractivity contribution in [3.8, 4) is 11.5 Å². The van der Waals surface area contributed by atoms with Crippen LogP contribution in [0.1, 0.15) is 23.7 Å². The zero-order valence-corrected chi connectivity index (χ0v) is 16.0. The van der Waals surface area contributed by atoms with Crippen molar-refractivity contribution in [2.75, 3.05) is 25.1 Å². The number of carbonyl (C=O) groups is 3. The van der Waals surface area contributed by atoms with Gasteiger partial charge in [0.25, 0.3) is 11.8 Å². The van der Waals surface area contributed by atoms with E-state index >= 15 is 0 Å². The van der Waals surface area contributed by atoms with Crippen LogP contribution in [0.15, 0.2) is 35.0 Å². The van der Waals surface area contributed by atoms with Gasteiger partial charge in [-0.3, -0.25) is 14.4 Å². The SMILES string of the molecule is CC(OC(=O)CCNC(=O)c1ccsc1)C(=O)Nc1ccc2c(c1)OCCO2. The van der Waals surface area contributed by atoms with Gasteiger partial charge in [0, 0.05) is 29.2 Å². The molecule has 2 amide bonds. The summed E-state index contributed by atoms with van der Waals surface area (Å²) < 4.78 is 16.0. The van der Waals surface area contributed by atoms with Gasteiger partial charge in [0.1, 0.15) is 13.2 Å². The number of amides is 2. The second kappa shape index (κ2) is 9.23. The predicted octanol–water partition coefficient (Wildman–Crippen LogP) is 2.21. The van der Waals surface area contributed by atoms with Crippen LogP contribution in [0, 0.1) is 0 Å². The summed E-state index contributed by atoms with van der Waals surface area (Å²) in [4.78, 5) is 35.9. The number of esters is 1. The van der Waals surface area contributed by atoms with Crippen molar-refractivity contribution >= 4 is 34.8 Å². The molecule has 0 saturated heterocycles. The summed E-state index contributed by atoms with van der Waals surface area (Å²) >= 11 is 1.42. The van der Waals surface area contributed by atoms with Crippen LogP contribution in [0.25, 0.3) is 0 Å². The van der Waals surface area contributed by atoms with E-state index in [4.69, 9.17) is 14.2 Å². The van der Waals surface area contributed by atoms with Gasteiger partial charge in [0.05, 0.1) is 6.42 Å². The first kappa shape index (κ1) is 19.7. The first-order valence-electron chi connectivity index (χ1n) is 8.73. The van der Waals surface area contributed by atoms with Crippen molar-refractivity contribution in [1.82, 2.24) is 5.32 Å². The van der Waals surface area contributed by atoms with Crippen molar-refractivity contribution in [3.63, 3.8) is 0 Å². The molecule has 1 unspecified atom stereocenters. The monoisotopic (exact) mass is 404 g/mol. The van der Waals surface area contributed by atoms with Crippen LogP contribution in [-0.4, -0.2) is 43.6 Å².